The van der Waals surface area contributed by atoms with Gasteiger partial charge in [0.05, 0.1) is 17.0 Å². The molecule has 1 aromatic heterocycles. The minimum Gasteiger partial charge on any atom is -0.254 e. The zero-order valence-corrected chi connectivity index (χ0v) is 6.35. The van der Waals surface area contributed by atoms with Gasteiger partial charge in [-0.1, -0.05) is 0 Å². The molecule has 0 N–H and O–H groups in total. The molecular weight excluding hydrogens is 143 g/mol. The summed E-state index contributed by atoms with van der Waals surface area (Å²) in [5, 5.41) is 8.48. The maximum atomic E-state index is 12.7. The van der Waals surface area contributed by atoms with Gasteiger partial charge in [-0.25, -0.2) is 4.39 Å². The quantitative estimate of drug-likeness (QED) is 0.564. The Morgan fingerprint density at radius 1 is 1.45 bits per heavy atom. The highest BCUT2D eigenvalue weighted by Crippen LogP contribution is 2.08. The van der Waals surface area contributed by atoms with E-state index in [0.717, 1.165) is 0 Å². The Hall–Kier alpha value is -1.43. The number of halogens is 1. The molecule has 1 rings (SSSR count). The van der Waals surface area contributed by atoms with E-state index in [-0.39, 0.29) is 0 Å². The molecule has 0 aliphatic carbocycles. The van der Waals surface area contributed by atoms with Crippen molar-refractivity contribution >= 4 is 0 Å². The minimum absolute atomic E-state index is 0.299. The topological polar surface area (TPSA) is 36.7 Å². The van der Waals surface area contributed by atoms with Crippen LogP contribution in [0.15, 0.2) is 6.07 Å². The van der Waals surface area contributed by atoms with E-state index in [1.165, 1.54) is 6.07 Å². The molecule has 0 saturated carbocycles. The van der Waals surface area contributed by atoms with Crippen molar-refractivity contribution in [3.05, 3.63) is 28.8 Å². The second kappa shape index (κ2) is 2.67. The summed E-state index contributed by atoms with van der Waals surface area (Å²) in [7, 11) is 0. The molecule has 0 amide bonds. The van der Waals surface area contributed by atoms with Crippen molar-refractivity contribution in [1.29, 1.82) is 5.26 Å². The number of rotatable bonds is 0. The SMILES string of the molecule is Cc1nc(C)c(C#N)cc1F. The fourth-order valence-electron chi connectivity index (χ4n) is 0.814. The first-order valence-electron chi connectivity index (χ1n) is 3.19. The summed E-state index contributed by atoms with van der Waals surface area (Å²) in [4.78, 5) is 3.85. The van der Waals surface area contributed by atoms with Crippen LogP contribution < -0.4 is 0 Å². The summed E-state index contributed by atoms with van der Waals surface area (Å²) in [6.07, 6.45) is 0. The fourth-order valence-corrected chi connectivity index (χ4v) is 0.814. The first-order chi connectivity index (χ1) is 5.15. The van der Waals surface area contributed by atoms with Gasteiger partial charge in [-0.05, 0) is 19.9 Å². The van der Waals surface area contributed by atoms with Crippen LogP contribution in [-0.4, -0.2) is 4.98 Å². The predicted molar refractivity (Wildman–Crippen MR) is 38.4 cm³/mol. The second-order valence-electron chi connectivity index (χ2n) is 2.30. The number of hydrogen-bond acceptors (Lipinski definition) is 2. The van der Waals surface area contributed by atoms with Gasteiger partial charge in [0.1, 0.15) is 11.9 Å². The van der Waals surface area contributed by atoms with Crippen LogP contribution in [0, 0.1) is 31.0 Å². The van der Waals surface area contributed by atoms with Gasteiger partial charge in [0.25, 0.3) is 0 Å². The van der Waals surface area contributed by atoms with Gasteiger partial charge >= 0.3 is 0 Å². The van der Waals surface area contributed by atoms with E-state index in [1.807, 2.05) is 6.07 Å². The van der Waals surface area contributed by atoms with Crippen molar-refractivity contribution in [2.75, 3.05) is 0 Å². The molecule has 56 valence electrons. The molecule has 1 heterocycles. The maximum Gasteiger partial charge on any atom is 0.145 e. The Labute approximate surface area is 64.3 Å². The number of nitriles is 1. The molecular formula is C8H7FN2. The van der Waals surface area contributed by atoms with E-state index in [0.29, 0.717) is 17.0 Å². The van der Waals surface area contributed by atoms with E-state index >= 15 is 0 Å². The first-order valence-corrected chi connectivity index (χ1v) is 3.19. The van der Waals surface area contributed by atoms with E-state index in [2.05, 4.69) is 4.98 Å². The Bertz CT molecular complexity index is 326. The Morgan fingerprint density at radius 3 is 2.64 bits per heavy atom. The largest absolute Gasteiger partial charge is 0.254 e. The van der Waals surface area contributed by atoms with Crippen molar-refractivity contribution in [3.63, 3.8) is 0 Å². The summed E-state index contributed by atoms with van der Waals surface area (Å²) in [5.74, 6) is -0.424. The van der Waals surface area contributed by atoms with Gasteiger partial charge in [0.2, 0.25) is 0 Å². The lowest BCUT2D eigenvalue weighted by Crippen LogP contribution is -1.94. The van der Waals surface area contributed by atoms with Crippen LogP contribution in [0.1, 0.15) is 17.0 Å². The number of aryl methyl sites for hydroxylation is 2. The molecule has 0 spiro atoms. The summed E-state index contributed by atoms with van der Waals surface area (Å²) in [5.41, 5.74) is 1.21. The maximum absolute atomic E-state index is 12.7. The highest BCUT2D eigenvalue weighted by Gasteiger charge is 2.03. The number of aromatic nitrogens is 1. The highest BCUT2D eigenvalue weighted by molar-refractivity contribution is 5.33. The van der Waals surface area contributed by atoms with Gasteiger partial charge in [-0.3, -0.25) is 4.98 Å². The third kappa shape index (κ3) is 1.35. The average Bonchev–Trinajstić information content (AvgIpc) is 1.97. The van der Waals surface area contributed by atoms with E-state index < -0.39 is 5.82 Å². The van der Waals surface area contributed by atoms with E-state index in [9.17, 15) is 4.39 Å². The summed E-state index contributed by atoms with van der Waals surface area (Å²) < 4.78 is 12.7. The smallest absolute Gasteiger partial charge is 0.145 e. The molecule has 0 saturated heterocycles. The van der Waals surface area contributed by atoms with Gasteiger partial charge in [-0.2, -0.15) is 5.26 Å². The predicted octanol–water partition coefficient (Wildman–Crippen LogP) is 1.71. The third-order valence-electron chi connectivity index (χ3n) is 1.46. The van der Waals surface area contributed by atoms with Crippen LogP contribution in [0.5, 0.6) is 0 Å². The Balaban J connectivity index is 3.35. The molecule has 3 heteroatoms. The van der Waals surface area contributed by atoms with E-state index in [1.54, 1.807) is 13.8 Å². The minimum atomic E-state index is -0.424. The number of nitrogens with zero attached hydrogens (tertiary/aromatic N) is 2. The van der Waals surface area contributed by atoms with Crippen LogP contribution in [0.25, 0.3) is 0 Å². The van der Waals surface area contributed by atoms with Crippen LogP contribution in [-0.2, 0) is 0 Å². The molecule has 0 atom stereocenters. The normalized spacial score (nSPS) is 9.27. The van der Waals surface area contributed by atoms with E-state index in [4.69, 9.17) is 5.26 Å². The monoisotopic (exact) mass is 150 g/mol. The number of pyridine rings is 1. The highest BCUT2D eigenvalue weighted by atomic mass is 19.1. The molecule has 0 fully saturated rings. The lowest BCUT2D eigenvalue weighted by Gasteiger charge is -1.98. The zero-order chi connectivity index (χ0) is 8.43. The van der Waals surface area contributed by atoms with Crippen LogP contribution >= 0.6 is 0 Å². The summed E-state index contributed by atoms with van der Waals surface area (Å²) >= 11 is 0. The molecule has 0 aromatic carbocycles. The molecule has 2 nitrogen and oxygen atoms in total. The Kier molecular flexibility index (Phi) is 1.86. The van der Waals surface area contributed by atoms with Crippen molar-refractivity contribution in [3.8, 4) is 6.07 Å². The van der Waals surface area contributed by atoms with Gasteiger partial charge in [0, 0.05) is 0 Å². The van der Waals surface area contributed by atoms with Crippen molar-refractivity contribution in [2.45, 2.75) is 13.8 Å². The number of hydrogen-bond donors (Lipinski definition) is 0. The van der Waals surface area contributed by atoms with Crippen LogP contribution in [0.3, 0.4) is 0 Å². The summed E-state index contributed by atoms with van der Waals surface area (Å²) in [6, 6.07) is 3.07. The molecule has 0 unspecified atom stereocenters. The summed E-state index contributed by atoms with van der Waals surface area (Å²) in [6.45, 7) is 3.26. The van der Waals surface area contributed by atoms with Gasteiger partial charge in [-0.15, -0.1) is 0 Å². The zero-order valence-electron chi connectivity index (χ0n) is 6.35. The van der Waals surface area contributed by atoms with Crippen molar-refractivity contribution in [1.82, 2.24) is 4.98 Å². The molecule has 0 aliphatic heterocycles. The third-order valence-corrected chi connectivity index (χ3v) is 1.46. The van der Waals surface area contributed by atoms with Crippen LogP contribution in [0.4, 0.5) is 4.39 Å². The van der Waals surface area contributed by atoms with Gasteiger partial charge < -0.3 is 0 Å². The standard InChI is InChI=1S/C8H7FN2/c1-5-7(4-10)3-8(9)6(2)11-5/h3H,1-2H3. The van der Waals surface area contributed by atoms with Crippen molar-refractivity contribution < 1.29 is 4.39 Å². The fraction of sp³-hybridized carbons (Fsp3) is 0.250. The van der Waals surface area contributed by atoms with Gasteiger partial charge in [0.15, 0.2) is 0 Å². The molecule has 0 bridgehead atoms. The molecule has 1 aromatic rings. The lowest BCUT2D eigenvalue weighted by atomic mass is 10.2. The van der Waals surface area contributed by atoms with Crippen molar-refractivity contribution in [2.24, 2.45) is 0 Å². The first kappa shape index (κ1) is 7.67. The lowest BCUT2D eigenvalue weighted by molar-refractivity contribution is 0.607. The van der Waals surface area contributed by atoms with Crippen LogP contribution in [0.2, 0.25) is 0 Å². The molecule has 11 heavy (non-hydrogen) atoms. The average molecular weight is 150 g/mol. The Morgan fingerprint density at radius 2 is 2.09 bits per heavy atom. The molecule has 0 radical (unpaired) electrons. The second-order valence-corrected chi connectivity index (χ2v) is 2.30. The molecule has 0 aliphatic rings.